The lowest BCUT2D eigenvalue weighted by Crippen LogP contribution is -2.47. The van der Waals surface area contributed by atoms with E-state index in [4.69, 9.17) is 12.2 Å². The van der Waals surface area contributed by atoms with E-state index < -0.39 is 0 Å². The lowest BCUT2D eigenvalue weighted by Gasteiger charge is -2.26. The Kier molecular flexibility index (Phi) is 7.75. The van der Waals surface area contributed by atoms with Crippen molar-refractivity contribution in [2.45, 2.75) is 25.7 Å². The van der Waals surface area contributed by atoms with E-state index in [1.54, 1.807) is 24.5 Å². The van der Waals surface area contributed by atoms with E-state index in [9.17, 15) is 4.79 Å². The van der Waals surface area contributed by atoms with Crippen LogP contribution in [0.5, 0.6) is 0 Å². The largest absolute Gasteiger partial charge is 0.361 e. The summed E-state index contributed by atoms with van der Waals surface area (Å²) in [5, 5.41) is 3.56. The first-order chi connectivity index (χ1) is 13.7. The Morgan fingerprint density at radius 1 is 0.964 bits per heavy atom. The molecular weight excluding hydrogens is 370 g/mol. The Morgan fingerprint density at radius 3 is 2.36 bits per heavy atom. The standard InChI is InChI=1S/C21H27N5OS/c27-20(19-7-5-17(6-8-19)18-9-12-22-13-10-18)24-25-21(28)23-11-4-16-26-14-2-1-3-15-26/h5-10,12-13H,1-4,11,14-16H2,(H,24,27)(H2,23,25,28). The number of amides is 1. The number of pyridine rings is 1. The smallest absolute Gasteiger partial charge is 0.269 e. The minimum Gasteiger partial charge on any atom is -0.361 e. The summed E-state index contributed by atoms with van der Waals surface area (Å²) in [6.45, 7) is 4.29. The maximum absolute atomic E-state index is 12.3. The van der Waals surface area contributed by atoms with Crippen molar-refractivity contribution >= 4 is 23.2 Å². The van der Waals surface area contributed by atoms with Crippen LogP contribution < -0.4 is 16.2 Å². The number of carbonyl (C=O) groups excluding carboxylic acids is 1. The van der Waals surface area contributed by atoms with Crippen molar-refractivity contribution in [1.82, 2.24) is 26.1 Å². The zero-order valence-electron chi connectivity index (χ0n) is 16.0. The molecule has 6 nitrogen and oxygen atoms in total. The Bertz CT molecular complexity index is 760. The average molecular weight is 398 g/mol. The third kappa shape index (κ3) is 6.28. The molecule has 1 saturated heterocycles. The number of benzene rings is 1. The highest BCUT2D eigenvalue weighted by Gasteiger charge is 2.09. The molecule has 0 bridgehead atoms. The van der Waals surface area contributed by atoms with Crippen LogP contribution in [0.25, 0.3) is 11.1 Å². The monoisotopic (exact) mass is 397 g/mol. The van der Waals surface area contributed by atoms with Gasteiger partial charge in [0.2, 0.25) is 0 Å². The number of likely N-dealkylation sites (tertiary alicyclic amines) is 1. The van der Waals surface area contributed by atoms with Crippen LogP contribution in [-0.2, 0) is 0 Å². The normalized spacial score (nSPS) is 14.3. The summed E-state index contributed by atoms with van der Waals surface area (Å²) < 4.78 is 0. The fourth-order valence-corrected chi connectivity index (χ4v) is 3.43. The molecule has 0 atom stereocenters. The molecule has 1 aliphatic rings. The van der Waals surface area contributed by atoms with Gasteiger partial charge in [-0.2, -0.15) is 0 Å². The van der Waals surface area contributed by atoms with E-state index in [-0.39, 0.29) is 5.91 Å². The minimum atomic E-state index is -0.223. The second-order valence-electron chi connectivity index (χ2n) is 6.90. The number of carbonyl (C=O) groups is 1. The molecule has 0 saturated carbocycles. The van der Waals surface area contributed by atoms with E-state index in [0.717, 1.165) is 30.6 Å². The second-order valence-corrected chi connectivity index (χ2v) is 7.31. The van der Waals surface area contributed by atoms with Gasteiger partial charge in [-0.1, -0.05) is 18.6 Å². The SMILES string of the molecule is O=C(NNC(=S)NCCCN1CCCCC1)c1ccc(-c2ccncc2)cc1. The number of thiocarbonyl (C=S) groups is 1. The number of hydrazine groups is 1. The average Bonchev–Trinajstić information content (AvgIpc) is 2.76. The molecule has 0 radical (unpaired) electrons. The Labute approximate surface area is 171 Å². The summed E-state index contributed by atoms with van der Waals surface area (Å²) in [6, 6.07) is 11.3. The third-order valence-electron chi connectivity index (χ3n) is 4.84. The molecule has 28 heavy (non-hydrogen) atoms. The summed E-state index contributed by atoms with van der Waals surface area (Å²) in [5.74, 6) is -0.223. The summed E-state index contributed by atoms with van der Waals surface area (Å²) in [5.41, 5.74) is 8.07. The highest BCUT2D eigenvalue weighted by atomic mass is 32.1. The maximum Gasteiger partial charge on any atom is 0.269 e. The van der Waals surface area contributed by atoms with Crippen molar-refractivity contribution in [3.63, 3.8) is 0 Å². The first kappa shape index (κ1) is 20.2. The maximum atomic E-state index is 12.3. The van der Waals surface area contributed by atoms with Gasteiger partial charge in [-0.3, -0.25) is 20.6 Å². The molecule has 3 N–H and O–H groups in total. The summed E-state index contributed by atoms with van der Waals surface area (Å²) in [7, 11) is 0. The first-order valence-electron chi connectivity index (χ1n) is 9.79. The van der Waals surface area contributed by atoms with Crippen molar-refractivity contribution < 1.29 is 4.79 Å². The van der Waals surface area contributed by atoms with Gasteiger partial charge in [0.15, 0.2) is 5.11 Å². The Hall–Kier alpha value is -2.51. The molecule has 3 rings (SSSR count). The van der Waals surface area contributed by atoms with Gasteiger partial charge in [-0.05, 0) is 86.5 Å². The number of rotatable bonds is 6. The highest BCUT2D eigenvalue weighted by Crippen LogP contribution is 2.18. The Balaban J connectivity index is 1.35. The molecule has 2 aromatic rings. The molecule has 0 spiro atoms. The Morgan fingerprint density at radius 2 is 1.64 bits per heavy atom. The van der Waals surface area contributed by atoms with Gasteiger partial charge in [-0.15, -0.1) is 0 Å². The van der Waals surface area contributed by atoms with Crippen LogP contribution in [0.1, 0.15) is 36.0 Å². The number of nitrogens with zero attached hydrogens (tertiary/aromatic N) is 2. The van der Waals surface area contributed by atoms with E-state index in [0.29, 0.717) is 10.7 Å². The summed E-state index contributed by atoms with van der Waals surface area (Å²) in [6.07, 6.45) is 8.51. The van der Waals surface area contributed by atoms with Gasteiger partial charge in [-0.25, -0.2) is 0 Å². The molecule has 1 fully saturated rings. The van der Waals surface area contributed by atoms with E-state index in [2.05, 4.69) is 26.1 Å². The topological polar surface area (TPSA) is 69.3 Å². The molecule has 1 aromatic heterocycles. The third-order valence-corrected chi connectivity index (χ3v) is 5.08. The highest BCUT2D eigenvalue weighted by molar-refractivity contribution is 7.80. The number of hydrogen-bond donors (Lipinski definition) is 3. The van der Waals surface area contributed by atoms with Gasteiger partial charge < -0.3 is 10.2 Å². The predicted octanol–water partition coefficient (Wildman–Crippen LogP) is 2.73. The van der Waals surface area contributed by atoms with Crippen molar-refractivity contribution in [3.05, 3.63) is 54.4 Å². The van der Waals surface area contributed by atoms with E-state index in [1.165, 1.54) is 32.4 Å². The van der Waals surface area contributed by atoms with Crippen LogP contribution in [0.4, 0.5) is 0 Å². The van der Waals surface area contributed by atoms with Crippen LogP contribution in [0.2, 0.25) is 0 Å². The molecule has 2 heterocycles. The van der Waals surface area contributed by atoms with Crippen molar-refractivity contribution in [1.29, 1.82) is 0 Å². The number of nitrogens with one attached hydrogen (secondary N) is 3. The molecule has 1 amide bonds. The van der Waals surface area contributed by atoms with Gasteiger partial charge in [0.25, 0.3) is 5.91 Å². The first-order valence-corrected chi connectivity index (χ1v) is 10.2. The lowest BCUT2D eigenvalue weighted by atomic mass is 10.1. The fraction of sp³-hybridized carbons (Fsp3) is 0.381. The van der Waals surface area contributed by atoms with Crippen molar-refractivity contribution in [3.8, 4) is 11.1 Å². The summed E-state index contributed by atoms with van der Waals surface area (Å²) in [4.78, 5) is 18.8. The molecule has 0 aliphatic carbocycles. The van der Waals surface area contributed by atoms with Gasteiger partial charge in [0.05, 0.1) is 0 Å². The molecule has 148 valence electrons. The number of piperidine rings is 1. The molecule has 1 aromatic carbocycles. The van der Waals surface area contributed by atoms with Crippen LogP contribution in [-0.4, -0.2) is 47.1 Å². The summed E-state index contributed by atoms with van der Waals surface area (Å²) >= 11 is 5.22. The van der Waals surface area contributed by atoms with Gasteiger partial charge >= 0.3 is 0 Å². The van der Waals surface area contributed by atoms with E-state index in [1.807, 2.05) is 24.3 Å². The van der Waals surface area contributed by atoms with Crippen LogP contribution in [0.3, 0.4) is 0 Å². The van der Waals surface area contributed by atoms with E-state index >= 15 is 0 Å². The number of aromatic nitrogens is 1. The van der Waals surface area contributed by atoms with Crippen LogP contribution >= 0.6 is 12.2 Å². The predicted molar refractivity (Wildman–Crippen MR) is 116 cm³/mol. The minimum absolute atomic E-state index is 0.223. The van der Waals surface area contributed by atoms with Gasteiger partial charge in [0.1, 0.15) is 0 Å². The van der Waals surface area contributed by atoms with Crippen LogP contribution in [0.15, 0.2) is 48.8 Å². The fourth-order valence-electron chi connectivity index (χ4n) is 3.28. The van der Waals surface area contributed by atoms with Crippen molar-refractivity contribution in [2.75, 3.05) is 26.2 Å². The van der Waals surface area contributed by atoms with Crippen molar-refractivity contribution in [2.24, 2.45) is 0 Å². The quantitative estimate of drug-likeness (QED) is 0.396. The molecule has 7 heteroatoms. The lowest BCUT2D eigenvalue weighted by molar-refractivity contribution is 0.0943. The second kappa shape index (κ2) is 10.7. The van der Waals surface area contributed by atoms with Gasteiger partial charge in [0, 0.05) is 24.5 Å². The zero-order valence-corrected chi connectivity index (χ0v) is 16.8. The molecule has 1 aliphatic heterocycles. The number of hydrogen-bond acceptors (Lipinski definition) is 4. The zero-order chi connectivity index (χ0) is 19.6. The molecule has 0 unspecified atom stereocenters. The van der Waals surface area contributed by atoms with Crippen LogP contribution in [0, 0.1) is 0 Å². The molecular formula is C21H27N5OS.